The number of rotatable bonds is 6. The molecule has 0 amide bonds. The van der Waals surface area contributed by atoms with Gasteiger partial charge in [0.05, 0.1) is 16.3 Å². The highest BCUT2D eigenvalue weighted by molar-refractivity contribution is 7.91. The number of sulfone groups is 1. The molecule has 126 valence electrons. The van der Waals surface area contributed by atoms with Gasteiger partial charge >= 0.3 is 0 Å². The van der Waals surface area contributed by atoms with E-state index in [4.69, 9.17) is 0 Å². The minimum Gasteiger partial charge on any atom is -0.308 e. The number of aromatic nitrogens is 2. The molecule has 0 saturated heterocycles. The molecule has 1 atom stereocenters. The summed E-state index contributed by atoms with van der Waals surface area (Å²) >= 11 is 0. The normalized spacial score (nSPS) is 13.2. The van der Waals surface area contributed by atoms with Crippen LogP contribution in [0.2, 0.25) is 0 Å². The second-order valence-electron chi connectivity index (χ2n) is 6.07. The number of hydrogen-bond donors (Lipinski definition) is 1. The first-order valence-electron chi connectivity index (χ1n) is 7.89. The van der Waals surface area contributed by atoms with Crippen LogP contribution in [0.4, 0.5) is 0 Å². The predicted octanol–water partition coefficient (Wildman–Crippen LogP) is 2.59. The van der Waals surface area contributed by atoms with Gasteiger partial charge in [-0.25, -0.2) is 13.4 Å². The van der Waals surface area contributed by atoms with Crippen LogP contribution in [-0.4, -0.2) is 29.6 Å². The zero-order valence-electron chi connectivity index (χ0n) is 13.8. The van der Waals surface area contributed by atoms with Gasteiger partial charge in [-0.15, -0.1) is 0 Å². The standard InChI is InChI=1S/C18H21N3O2S/c1-14-6-8-17(9-7-14)24(22,23)13-15(2)19-11-16-12-21-10-4-3-5-18(21)20-16/h3-10,12,15,19H,11,13H2,1-2H3/t15-/m0/s1. The molecule has 0 aliphatic heterocycles. The average Bonchev–Trinajstić information content (AvgIpc) is 2.96. The molecule has 6 heteroatoms. The number of hydrogen-bond acceptors (Lipinski definition) is 4. The van der Waals surface area contributed by atoms with Crippen LogP contribution in [0.1, 0.15) is 18.2 Å². The van der Waals surface area contributed by atoms with E-state index in [1.807, 2.05) is 61.0 Å². The van der Waals surface area contributed by atoms with E-state index in [0.717, 1.165) is 16.9 Å². The Balaban J connectivity index is 1.62. The summed E-state index contributed by atoms with van der Waals surface area (Å²) in [5.41, 5.74) is 2.82. The van der Waals surface area contributed by atoms with Gasteiger partial charge in [0.1, 0.15) is 5.65 Å². The summed E-state index contributed by atoms with van der Waals surface area (Å²) in [6.45, 7) is 4.35. The third kappa shape index (κ3) is 3.83. The van der Waals surface area contributed by atoms with Crippen molar-refractivity contribution >= 4 is 15.5 Å². The lowest BCUT2D eigenvalue weighted by atomic mass is 10.2. The van der Waals surface area contributed by atoms with Crippen molar-refractivity contribution in [1.29, 1.82) is 0 Å². The van der Waals surface area contributed by atoms with Crippen molar-refractivity contribution in [3.8, 4) is 0 Å². The van der Waals surface area contributed by atoms with E-state index < -0.39 is 9.84 Å². The van der Waals surface area contributed by atoms with Gasteiger partial charge in [-0.2, -0.15) is 0 Å². The van der Waals surface area contributed by atoms with Gasteiger partial charge in [-0.1, -0.05) is 23.8 Å². The van der Waals surface area contributed by atoms with Gasteiger partial charge in [0.15, 0.2) is 9.84 Å². The number of benzene rings is 1. The molecule has 0 radical (unpaired) electrons. The van der Waals surface area contributed by atoms with Crippen molar-refractivity contribution in [2.24, 2.45) is 0 Å². The van der Waals surface area contributed by atoms with Crippen LogP contribution >= 0.6 is 0 Å². The van der Waals surface area contributed by atoms with Crippen molar-refractivity contribution < 1.29 is 8.42 Å². The summed E-state index contributed by atoms with van der Waals surface area (Å²) in [5, 5.41) is 3.24. The van der Waals surface area contributed by atoms with Crippen molar-refractivity contribution in [1.82, 2.24) is 14.7 Å². The zero-order valence-corrected chi connectivity index (χ0v) is 14.6. The van der Waals surface area contributed by atoms with E-state index in [0.29, 0.717) is 11.4 Å². The fraction of sp³-hybridized carbons (Fsp3) is 0.278. The Morgan fingerprint density at radius 3 is 2.62 bits per heavy atom. The lowest BCUT2D eigenvalue weighted by Crippen LogP contribution is -2.32. The lowest BCUT2D eigenvalue weighted by Gasteiger charge is -2.13. The predicted molar refractivity (Wildman–Crippen MR) is 94.7 cm³/mol. The van der Waals surface area contributed by atoms with Crippen molar-refractivity contribution in [2.45, 2.75) is 31.3 Å². The molecule has 0 spiro atoms. The molecule has 2 aromatic heterocycles. The number of nitrogens with zero attached hydrogens (tertiary/aromatic N) is 2. The van der Waals surface area contributed by atoms with Crippen molar-refractivity contribution in [3.05, 3.63) is 66.1 Å². The first-order chi connectivity index (χ1) is 11.4. The smallest absolute Gasteiger partial charge is 0.179 e. The van der Waals surface area contributed by atoms with E-state index >= 15 is 0 Å². The topological polar surface area (TPSA) is 63.5 Å². The molecule has 1 N–H and O–H groups in total. The van der Waals surface area contributed by atoms with Crippen LogP contribution in [0, 0.1) is 6.92 Å². The average molecular weight is 343 g/mol. The maximum atomic E-state index is 12.4. The summed E-state index contributed by atoms with van der Waals surface area (Å²) < 4.78 is 26.8. The van der Waals surface area contributed by atoms with Crippen molar-refractivity contribution in [2.75, 3.05) is 5.75 Å². The first-order valence-corrected chi connectivity index (χ1v) is 9.55. The van der Waals surface area contributed by atoms with Crippen molar-refractivity contribution in [3.63, 3.8) is 0 Å². The summed E-state index contributed by atoms with van der Waals surface area (Å²) in [6, 6.07) is 12.6. The SMILES string of the molecule is Cc1ccc(S(=O)(=O)C[C@H](C)NCc2cn3ccccc3n2)cc1. The van der Waals surface area contributed by atoms with Gasteiger partial charge in [-0.3, -0.25) is 0 Å². The van der Waals surface area contributed by atoms with Crippen LogP contribution in [0.15, 0.2) is 59.8 Å². The van der Waals surface area contributed by atoms with E-state index in [-0.39, 0.29) is 11.8 Å². The van der Waals surface area contributed by atoms with Crippen LogP contribution in [0.5, 0.6) is 0 Å². The van der Waals surface area contributed by atoms with E-state index in [2.05, 4.69) is 10.3 Å². The highest BCUT2D eigenvalue weighted by atomic mass is 32.2. The molecule has 1 aromatic carbocycles. The van der Waals surface area contributed by atoms with Gasteiger partial charge < -0.3 is 9.72 Å². The van der Waals surface area contributed by atoms with Crippen LogP contribution < -0.4 is 5.32 Å². The summed E-state index contributed by atoms with van der Waals surface area (Å²) in [7, 11) is -3.29. The fourth-order valence-corrected chi connectivity index (χ4v) is 4.10. The Kier molecular flexibility index (Phi) is 4.69. The van der Waals surface area contributed by atoms with E-state index in [1.54, 1.807) is 12.1 Å². The molecule has 0 fully saturated rings. The quantitative estimate of drug-likeness (QED) is 0.747. The molecular formula is C18H21N3O2S. The summed E-state index contributed by atoms with van der Waals surface area (Å²) in [5.74, 6) is 0.0590. The number of pyridine rings is 1. The Labute approximate surface area is 142 Å². The summed E-state index contributed by atoms with van der Waals surface area (Å²) in [6.07, 6.45) is 3.89. The number of aryl methyl sites for hydroxylation is 1. The van der Waals surface area contributed by atoms with E-state index in [9.17, 15) is 8.42 Å². The Morgan fingerprint density at radius 2 is 1.92 bits per heavy atom. The minimum atomic E-state index is -3.29. The molecule has 3 rings (SSSR count). The maximum Gasteiger partial charge on any atom is 0.179 e. The van der Waals surface area contributed by atoms with Gasteiger partial charge in [0.2, 0.25) is 0 Å². The zero-order chi connectivity index (χ0) is 17.2. The third-order valence-electron chi connectivity index (χ3n) is 3.90. The first kappa shape index (κ1) is 16.7. The van der Waals surface area contributed by atoms with Crippen LogP contribution in [0.25, 0.3) is 5.65 Å². The van der Waals surface area contributed by atoms with Gasteiger partial charge in [0.25, 0.3) is 0 Å². The molecule has 0 bridgehead atoms. The lowest BCUT2D eigenvalue weighted by molar-refractivity contribution is 0.553. The molecule has 0 saturated carbocycles. The third-order valence-corrected chi connectivity index (χ3v) is 5.82. The molecule has 3 aromatic rings. The largest absolute Gasteiger partial charge is 0.308 e. The van der Waals surface area contributed by atoms with E-state index in [1.165, 1.54) is 0 Å². The number of imidazole rings is 1. The monoisotopic (exact) mass is 343 g/mol. The minimum absolute atomic E-state index is 0.0590. The highest BCUT2D eigenvalue weighted by Crippen LogP contribution is 2.13. The molecule has 2 heterocycles. The van der Waals surface area contributed by atoms with Gasteiger partial charge in [0, 0.05) is 25.0 Å². The molecule has 24 heavy (non-hydrogen) atoms. The second-order valence-corrected chi connectivity index (χ2v) is 8.11. The fourth-order valence-electron chi connectivity index (χ4n) is 2.58. The molecule has 5 nitrogen and oxygen atoms in total. The maximum absolute atomic E-state index is 12.4. The summed E-state index contributed by atoms with van der Waals surface area (Å²) in [4.78, 5) is 4.87. The number of fused-ring (bicyclic) bond motifs is 1. The van der Waals surface area contributed by atoms with Crippen LogP contribution in [-0.2, 0) is 16.4 Å². The Hall–Kier alpha value is -2.18. The molecular weight excluding hydrogens is 322 g/mol. The second kappa shape index (κ2) is 6.75. The molecule has 0 aliphatic carbocycles. The molecule has 0 aliphatic rings. The van der Waals surface area contributed by atoms with Gasteiger partial charge in [-0.05, 0) is 38.1 Å². The Bertz CT molecular complexity index is 897. The highest BCUT2D eigenvalue weighted by Gasteiger charge is 2.18. The number of nitrogens with one attached hydrogen (secondary N) is 1. The Morgan fingerprint density at radius 1 is 1.17 bits per heavy atom. The molecule has 0 unspecified atom stereocenters. The van der Waals surface area contributed by atoms with Crippen LogP contribution in [0.3, 0.4) is 0 Å².